The zero-order valence-corrected chi connectivity index (χ0v) is 12.8. The van der Waals surface area contributed by atoms with Crippen molar-refractivity contribution in [3.8, 4) is 0 Å². The molecule has 2 amide bonds. The van der Waals surface area contributed by atoms with Crippen LogP contribution in [0.4, 0.5) is 0 Å². The predicted octanol–water partition coefficient (Wildman–Crippen LogP) is 0.981. The minimum absolute atomic E-state index is 0.0694. The molecular weight excluding hydrogens is 268 g/mol. The average molecular weight is 290 g/mol. The molecule has 1 unspecified atom stereocenters. The SMILES string of the molecule is COCCN1C(=O)C(C)(C)NC(=O)C1Cc1ccccc1. The van der Waals surface area contributed by atoms with Crippen molar-refractivity contribution in [3.05, 3.63) is 35.9 Å². The molecule has 0 aromatic heterocycles. The van der Waals surface area contributed by atoms with Crippen molar-refractivity contribution >= 4 is 11.8 Å². The maximum atomic E-state index is 12.6. The third-order valence-electron chi connectivity index (χ3n) is 3.72. The Labute approximate surface area is 125 Å². The Morgan fingerprint density at radius 3 is 2.52 bits per heavy atom. The molecule has 1 heterocycles. The first kappa shape index (κ1) is 15.5. The van der Waals surface area contributed by atoms with Gasteiger partial charge in [-0.25, -0.2) is 0 Å². The van der Waals surface area contributed by atoms with Gasteiger partial charge in [-0.1, -0.05) is 30.3 Å². The summed E-state index contributed by atoms with van der Waals surface area (Å²) in [7, 11) is 1.59. The molecule has 1 aromatic rings. The average Bonchev–Trinajstić information content (AvgIpc) is 2.45. The van der Waals surface area contributed by atoms with Gasteiger partial charge >= 0.3 is 0 Å². The first-order valence-corrected chi connectivity index (χ1v) is 7.11. The smallest absolute Gasteiger partial charge is 0.248 e. The van der Waals surface area contributed by atoms with Crippen molar-refractivity contribution in [1.29, 1.82) is 0 Å². The Kier molecular flexibility index (Phi) is 4.63. The van der Waals surface area contributed by atoms with Crippen molar-refractivity contribution in [2.24, 2.45) is 0 Å². The summed E-state index contributed by atoms with van der Waals surface area (Å²) in [5.74, 6) is -0.181. The van der Waals surface area contributed by atoms with E-state index in [2.05, 4.69) is 5.32 Å². The summed E-state index contributed by atoms with van der Waals surface area (Å²) in [6.07, 6.45) is 0.512. The van der Waals surface area contributed by atoms with Crippen LogP contribution in [0.25, 0.3) is 0 Å². The van der Waals surface area contributed by atoms with Gasteiger partial charge in [0.05, 0.1) is 6.61 Å². The van der Waals surface area contributed by atoms with Crippen molar-refractivity contribution in [3.63, 3.8) is 0 Å². The summed E-state index contributed by atoms with van der Waals surface area (Å²) in [5.41, 5.74) is 0.172. The summed E-state index contributed by atoms with van der Waals surface area (Å²) in [6.45, 7) is 4.29. The molecule has 0 bridgehead atoms. The molecule has 5 heteroatoms. The van der Waals surface area contributed by atoms with Gasteiger partial charge in [0.15, 0.2) is 0 Å². The normalized spacial score (nSPS) is 21.3. The molecule has 1 aliphatic heterocycles. The number of hydrogen-bond donors (Lipinski definition) is 1. The van der Waals surface area contributed by atoms with Crippen LogP contribution in [0.5, 0.6) is 0 Å². The maximum Gasteiger partial charge on any atom is 0.248 e. The van der Waals surface area contributed by atoms with E-state index in [0.717, 1.165) is 5.56 Å². The molecule has 1 aromatic carbocycles. The molecule has 1 N–H and O–H groups in total. The number of nitrogens with one attached hydrogen (secondary N) is 1. The van der Waals surface area contributed by atoms with E-state index in [0.29, 0.717) is 19.6 Å². The lowest BCUT2D eigenvalue weighted by molar-refractivity contribution is -0.154. The van der Waals surface area contributed by atoms with Gasteiger partial charge in [0, 0.05) is 20.1 Å². The molecule has 0 spiro atoms. The summed E-state index contributed by atoms with van der Waals surface area (Å²) in [6, 6.07) is 9.24. The zero-order chi connectivity index (χ0) is 15.5. The molecule has 5 nitrogen and oxygen atoms in total. The summed E-state index contributed by atoms with van der Waals surface area (Å²) in [5, 5.41) is 2.81. The monoisotopic (exact) mass is 290 g/mol. The number of ether oxygens (including phenoxy) is 1. The highest BCUT2D eigenvalue weighted by molar-refractivity contribution is 5.99. The third kappa shape index (κ3) is 3.42. The highest BCUT2D eigenvalue weighted by Gasteiger charge is 2.44. The van der Waals surface area contributed by atoms with Crippen LogP contribution in [0.15, 0.2) is 30.3 Å². The van der Waals surface area contributed by atoms with E-state index in [1.54, 1.807) is 25.9 Å². The highest BCUT2D eigenvalue weighted by atomic mass is 16.5. The number of benzene rings is 1. The van der Waals surface area contributed by atoms with Gasteiger partial charge in [0.2, 0.25) is 11.8 Å². The molecule has 114 valence electrons. The number of nitrogens with zero attached hydrogens (tertiary/aromatic N) is 1. The number of piperazine rings is 1. The highest BCUT2D eigenvalue weighted by Crippen LogP contribution is 2.20. The van der Waals surface area contributed by atoms with Crippen LogP contribution in [0.2, 0.25) is 0 Å². The molecular formula is C16H22N2O3. The Bertz CT molecular complexity index is 514. The van der Waals surface area contributed by atoms with E-state index < -0.39 is 11.6 Å². The molecule has 21 heavy (non-hydrogen) atoms. The number of amides is 2. The summed E-state index contributed by atoms with van der Waals surface area (Å²) in [4.78, 5) is 26.6. The van der Waals surface area contributed by atoms with Gasteiger partial charge < -0.3 is 15.0 Å². The quantitative estimate of drug-likeness (QED) is 0.879. The first-order valence-electron chi connectivity index (χ1n) is 7.11. The molecule has 2 rings (SSSR count). The van der Waals surface area contributed by atoms with Crippen molar-refractivity contribution in [2.45, 2.75) is 31.8 Å². The van der Waals surface area contributed by atoms with Gasteiger partial charge in [0.1, 0.15) is 11.6 Å². The number of carbonyl (C=O) groups is 2. The van der Waals surface area contributed by atoms with Crippen LogP contribution in [0, 0.1) is 0 Å². The van der Waals surface area contributed by atoms with Crippen molar-refractivity contribution < 1.29 is 14.3 Å². The number of methoxy groups -OCH3 is 1. The number of carbonyl (C=O) groups excluding carboxylic acids is 2. The third-order valence-corrected chi connectivity index (χ3v) is 3.72. The second-order valence-corrected chi connectivity index (χ2v) is 5.81. The molecule has 1 atom stereocenters. The largest absolute Gasteiger partial charge is 0.383 e. The molecule has 1 saturated heterocycles. The second-order valence-electron chi connectivity index (χ2n) is 5.81. The van der Waals surface area contributed by atoms with Crippen LogP contribution in [-0.2, 0) is 20.7 Å². The Balaban J connectivity index is 2.22. The van der Waals surface area contributed by atoms with E-state index in [-0.39, 0.29) is 11.8 Å². The Hall–Kier alpha value is -1.88. The Morgan fingerprint density at radius 1 is 1.24 bits per heavy atom. The minimum Gasteiger partial charge on any atom is -0.383 e. The van der Waals surface area contributed by atoms with Gasteiger partial charge in [-0.3, -0.25) is 9.59 Å². The van der Waals surface area contributed by atoms with Crippen LogP contribution in [-0.4, -0.2) is 48.6 Å². The number of hydrogen-bond acceptors (Lipinski definition) is 3. The van der Waals surface area contributed by atoms with Crippen LogP contribution >= 0.6 is 0 Å². The van der Waals surface area contributed by atoms with Crippen molar-refractivity contribution in [2.75, 3.05) is 20.3 Å². The van der Waals surface area contributed by atoms with Gasteiger partial charge in [-0.05, 0) is 19.4 Å². The lowest BCUT2D eigenvalue weighted by Crippen LogP contribution is -2.68. The Morgan fingerprint density at radius 2 is 1.90 bits per heavy atom. The first-order chi connectivity index (χ1) is 9.95. The van der Waals surface area contributed by atoms with Crippen LogP contribution < -0.4 is 5.32 Å². The lowest BCUT2D eigenvalue weighted by Gasteiger charge is -2.42. The van der Waals surface area contributed by atoms with E-state index in [1.807, 2.05) is 30.3 Å². The topological polar surface area (TPSA) is 58.6 Å². The number of rotatable bonds is 5. The standard InChI is InChI=1S/C16H22N2O3/c1-16(2)15(20)18(9-10-21-3)13(14(19)17-16)11-12-7-5-4-6-8-12/h4-8,13H,9-11H2,1-3H3,(H,17,19). The van der Waals surface area contributed by atoms with Crippen LogP contribution in [0.3, 0.4) is 0 Å². The van der Waals surface area contributed by atoms with Crippen molar-refractivity contribution in [1.82, 2.24) is 10.2 Å². The fraction of sp³-hybridized carbons (Fsp3) is 0.500. The zero-order valence-electron chi connectivity index (χ0n) is 12.8. The summed E-state index contributed by atoms with van der Waals surface area (Å²) >= 11 is 0. The van der Waals surface area contributed by atoms with Gasteiger partial charge in [0.25, 0.3) is 0 Å². The van der Waals surface area contributed by atoms with E-state index in [9.17, 15) is 9.59 Å². The molecule has 0 aliphatic carbocycles. The fourth-order valence-corrected chi connectivity index (χ4v) is 2.57. The summed E-state index contributed by atoms with van der Waals surface area (Å²) < 4.78 is 5.07. The predicted molar refractivity (Wildman–Crippen MR) is 79.7 cm³/mol. The molecule has 1 aliphatic rings. The molecule has 0 radical (unpaired) electrons. The van der Waals surface area contributed by atoms with E-state index in [1.165, 1.54) is 0 Å². The second kappa shape index (κ2) is 6.26. The maximum absolute atomic E-state index is 12.6. The van der Waals surface area contributed by atoms with E-state index >= 15 is 0 Å². The molecule has 0 saturated carbocycles. The van der Waals surface area contributed by atoms with E-state index in [4.69, 9.17) is 4.74 Å². The van der Waals surface area contributed by atoms with Gasteiger partial charge in [-0.15, -0.1) is 0 Å². The van der Waals surface area contributed by atoms with Gasteiger partial charge in [-0.2, -0.15) is 0 Å². The van der Waals surface area contributed by atoms with Crippen LogP contribution in [0.1, 0.15) is 19.4 Å². The fourth-order valence-electron chi connectivity index (χ4n) is 2.57. The molecule has 1 fully saturated rings. The lowest BCUT2D eigenvalue weighted by atomic mass is 9.93. The minimum atomic E-state index is -0.863.